The van der Waals surface area contributed by atoms with E-state index in [1.165, 1.54) is 37.8 Å². The molecule has 1 aromatic rings. The standard InChI is InChI=1S/C20H33N/c1-5-17-10-11-18(14-21-13-15(2)3)20(12-17)19-9-7-6-8-16(19)4/h6-9,15,17-18,20-21H,5,10-14H2,1-4H3. The van der Waals surface area contributed by atoms with Crippen LogP contribution < -0.4 is 5.32 Å². The third-order valence-corrected chi connectivity index (χ3v) is 5.23. The average Bonchev–Trinajstić information content (AvgIpc) is 2.48. The number of hydrogen-bond donors (Lipinski definition) is 1. The topological polar surface area (TPSA) is 12.0 Å². The van der Waals surface area contributed by atoms with Gasteiger partial charge in [0.15, 0.2) is 0 Å². The molecule has 0 aromatic heterocycles. The summed E-state index contributed by atoms with van der Waals surface area (Å²) in [5.41, 5.74) is 3.08. The molecule has 0 spiro atoms. The van der Waals surface area contributed by atoms with E-state index in [9.17, 15) is 0 Å². The molecule has 3 atom stereocenters. The highest BCUT2D eigenvalue weighted by atomic mass is 14.9. The molecule has 0 aliphatic heterocycles. The fourth-order valence-electron chi connectivity index (χ4n) is 3.88. The summed E-state index contributed by atoms with van der Waals surface area (Å²) >= 11 is 0. The minimum Gasteiger partial charge on any atom is -0.316 e. The largest absolute Gasteiger partial charge is 0.316 e. The van der Waals surface area contributed by atoms with E-state index in [4.69, 9.17) is 0 Å². The maximum Gasteiger partial charge on any atom is -0.00146 e. The predicted octanol–water partition coefficient (Wildman–Crippen LogP) is 5.15. The Balaban J connectivity index is 2.08. The summed E-state index contributed by atoms with van der Waals surface area (Å²) in [5.74, 6) is 3.24. The molecule has 1 aliphatic rings. The van der Waals surface area contributed by atoms with Gasteiger partial charge in [-0.05, 0) is 67.7 Å². The van der Waals surface area contributed by atoms with Crippen molar-refractivity contribution in [3.63, 3.8) is 0 Å². The van der Waals surface area contributed by atoms with E-state index < -0.39 is 0 Å². The molecule has 0 saturated heterocycles. The number of hydrogen-bond acceptors (Lipinski definition) is 1. The fourth-order valence-corrected chi connectivity index (χ4v) is 3.88. The predicted molar refractivity (Wildman–Crippen MR) is 92.7 cm³/mol. The third kappa shape index (κ3) is 4.57. The monoisotopic (exact) mass is 287 g/mol. The summed E-state index contributed by atoms with van der Waals surface area (Å²) in [7, 11) is 0. The SMILES string of the molecule is CCC1CCC(CNCC(C)C)C(c2ccccc2C)C1. The van der Waals surface area contributed by atoms with Crippen LogP contribution in [0.3, 0.4) is 0 Å². The lowest BCUT2D eigenvalue weighted by atomic mass is 9.69. The van der Waals surface area contributed by atoms with Gasteiger partial charge in [0, 0.05) is 0 Å². The van der Waals surface area contributed by atoms with Crippen LogP contribution in [-0.2, 0) is 0 Å². The van der Waals surface area contributed by atoms with Crippen molar-refractivity contribution in [1.29, 1.82) is 0 Å². The smallest absolute Gasteiger partial charge is 0.00146 e. The quantitative estimate of drug-likeness (QED) is 0.763. The first kappa shape index (κ1) is 16.5. The van der Waals surface area contributed by atoms with Crippen molar-refractivity contribution in [3.05, 3.63) is 35.4 Å². The van der Waals surface area contributed by atoms with Crippen molar-refractivity contribution in [1.82, 2.24) is 5.32 Å². The van der Waals surface area contributed by atoms with Gasteiger partial charge >= 0.3 is 0 Å². The zero-order valence-corrected chi connectivity index (χ0v) is 14.4. The van der Waals surface area contributed by atoms with Crippen LogP contribution in [-0.4, -0.2) is 13.1 Å². The zero-order chi connectivity index (χ0) is 15.2. The second kappa shape index (κ2) is 7.98. The second-order valence-corrected chi connectivity index (χ2v) is 7.36. The van der Waals surface area contributed by atoms with Crippen LogP contribution >= 0.6 is 0 Å². The van der Waals surface area contributed by atoms with Gasteiger partial charge in [-0.15, -0.1) is 0 Å². The van der Waals surface area contributed by atoms with Gasteiger partial charge in [-0.3, -0.25) is 0 Å². The lowest BCUT2D eigenvalue weighted by Gasteiger charge is -2.37. The molecule has 3 unspecified atom stereocenters. The minimum atomic E-state index is 0.744. The number of rotatable bonds is 6. The molecule has 1 nitrogen and oxygen atoms in total. The summed E-state index contributed by atoms with van der Waals surface area (Å²) in [5, 5.41) is 3.71. The summed E-state index contributed by atoms with van der Waals surface area (Å²) < 4.78 is 0. The molecule has 21 heavy (non-hydrogen) atoms. The minimum absolute atomic E-state index is 0.744. The lowest BCUT2D eigenvalue weighted by molar-refractivity contribution is 0.224. The van der Waals surface area contributed by atoms with Crippen LogP contribution in [0.1, 0.15) is 63.5 Å². The highest BCUT2D eigenvalue weighted by molar-refractivity contribution is 5.30. The number of benzene rings is 1. The fraction of sp³-hybridized carbons (Fsp3) is 0.700. The molecule has 2 rings (SSSR count). The Bertz CT molecular complexity index is 424. The first-order valence-corrected chi connectivity index (χ1v) is 8.88. The molecule has 1 heteroatoms. The number of aryl methyl sites for hydroxylation is 1. The molecule has 1 fully saturated rings. The average molecular weight is 287 g/mol. The van der Waals surface area contributed by atoms with E-state index in [2.05, 4.69) is 57.3 Å². The van der Waals surface area contributed by atoms with Gasteiger partial charge in [-0.1, -0.05) is 57.9 Å². The van der Waals surface area contributed by atoms with Crippen molar-refractivity contribution in [2.75, 3.05) is 13.1 Å². The lowest BCUT2D eigenvalue weighted by Crippen LogP contribution is -2.33. The molecule has 1 saturated carbocycles. The first-order valence-electron chi connectivity index (χ1n) is 8.88. The molecule has 118 valence electrons. The van der Waals surface area contributed by atoms with Crippen LogP contribution in [0.25, 0.3) is 0 Å². The van der Waals surface area contributed by atoms with Crippen LogP contribution in [0, 0.1) is 24.7 Å². The van der Waals surface area contributed by atoms with Gasteiger partial charge in [0.25, 0.3) is 0 Å². The first-order chi connectivity index (χ1) is 10.1. The van der Waals surface area contributed by atoms with E-state index in [0.717, 1.165) is 30.2 Å². The van der Waals surface area contributed by atoms with Gasteiger partial charge in [-0.2, -0.15) is 0 Å². The Morgan fingerprint density at radius 1 is 1.19 bits per heavy atom. The van der Waals surface area contributed by atoms with Crippen LogP contribution in [0.5, 0.6) is 0 Å². The van der Waals surface area contributed by atoms with Crippen LogP contribution in [0.4, 0.5) is 0 Å². The van der Waals surface area contributed by atoms with Crippen molar-refractivity contribution in [3.8, 4) is 0 Å². The van der Waals surface area contributed by atoms with Crippen LogP contribution in [0.2, 0.25) is 0 Å². The molecule has 0 radical (unpaired) electrons. The zero-order valence-electron chi connectivity index (χ0n) is 14.4. The van der Waals surface area contributed by atoms with Crippen molar-refractivity contribution < 1.29 is 0 Å². The van der Waals surface area contributed by atoms with Crippen molar-refractivity contribution in [2.45, 2.75) is 59.3 Å². The molecular weight excluding hydrogens is 254 g/mol. The van der Waals surface area contributed by atoms with Gasteiger partial charge < -0.3 is 5.32 Å². The molecule has 0 bridgehead atoms. The van der Waals surface area contributed by atoms with Crippen molar-refractivity contribution >= 4 is 0 Å². The molecule has 0 heterocycles. The Morgan fingerprint density at radius 3 is 2.62 bits per heavy atom. The second-order valence-electron chi connectivity index (χ2n) is 7.36. The third-order valence-electron chi connectivity index (χ3n) is 5.23. The molecule has 1 aliphatic carbocycles. The van der Waals surface area contributed by atoms with E-state index in [1.54, 1.807) is 5.56 Å². The summed E-state index contributed by atoms with van der Waals surface area (Å²) in [6.45, 7) is 11.6. The summed E-state index contributed by atoms with van der Waals surface area (Å²) in [6, 6.07) is 9.04. The van der Waals surface area contributed by atoms with E-state index in [-0.39, 0.29) is 0 Å². The van der Waals surface area contributed by atoms with Gasteiger partial charge in [0.1, 0.15) is 0 Å². The highest BCUT2D eigenvalue weighted by Gasteiger charge is 2.31. The maximum absolute atomic E-state index is 3.71. The van der Waals surface area contributed by atoms with Gasteiger partial charge in [0.2, 0.25) is 0 Å². The summed E-state index contributed by atoms with van der Waals surface area (Å²) in [4.78, 5) is 0. The summed E-state index contributed by atoms with van der Waals surface area (Å²) in [6.07, 6.45) is 5.54. The Morgan fingerprint density at radius 2 is 1.95 bits per heavy atom. The molecule has 1 aromatic carbocycles. The Hall–Kier alpha value is -0.820. The molecule has 1 N–H and O–H groups in total. The molecular formula is C20H33N. The van der Waals surface area contributed by atoms with E-state index in [1.807, 2.05) is 0 Å². The molecule has 0 amide bonds. The Kier molecular flexibility index (Phi) is 6.29. The Labute approximate surface area is 131 Å². The van der Waals surface area contributed by atoms with E-state index >= 15 is 0 Å². The van der Waals surface area contributed by atoms with Gasteiger partial charge in [0.05, 0.1) is 0 Å². The normalized spacial score (nSPS) is 26.2. The van der Waals surface area contributed by atoms with Crippen LogP contribution in [0.15, 0.2) is 24.3 Å². The van der Waals surface area contributed by atoms with Gasteiger partial charge in [-0.25, -0.2) is 0 Å². The van der Waals surface area contributed by atoms with Crippen molar-refractivity contribution in [2.24, 2.45) is 17.8 Å². The highest BCUT2D eigenvalue weighted by Crippen LogP contribution is 2.42. The maximum atomic E-state index is 3.71. The number of nitrogens with one attached hydrogen (secondary N) is 1. The van der Waals surface area contributed by atoms with E-state index in [0.29, 0.717) is 0 Å².